The van der Waals surface area contributed by atoms with E-state index in [0.717, 1.165) is 10.9 Å². The van der Waals surface area contributed by atoms with Crippen LogP contribution in [0.25, 0.3) is 0 Å². The average Bonchev–Trinajstić information content (AvgIpc) is 2.92. The number of hydrogen-bond donors (Lipinski definition) is 2. The van der Waals surface area contributed by atoms with Gasteiger partial charge in [0.1, 0.15) is 5.82 Å². The molecule has 0 saturated carbocycles. The first-order valence-electron chi connectivity index (χ1n) is 6.05. The highest BCUT2D eigenvalue weighted by atomic mass is 35.5. The van der Waals surface area contributed by atoms with Gasteiger partial charge in [-0.05, 0) is 24.3 Å². The molecule has 2 rings (SSSR count). The lowest BCUT2D eigenvalue weighted by molar-refractivity contribution is 0.102. The Kier molecular flexibility index (Phi) is 5.34. The van der Waals surface area contributed by atoms with Crippen LogP contribution in [0.2, 0.25) is 5.02 Å². The molecule has 0 radical (unpaired) electrons. The van der Waals surface area contributed by atoms with Crippen molar-refractivity contribution in [3.8, 4) is 11.8 Å². The summed E-state index contributed by atoms with van der Waals surface area (Å²) in [6, 6.07) is 5.72. The molecule has 1 aromatic heterocycles. The molecule has 0 aliphatic rings. The number of carbonyl (C=O) groups excluding carboxylic acids is 1. The summed E-state index contributed by atoms with van der Waals surface area (Å²) in [5.41, 5.74) is 0.782. The van der Waals surface area contributed by atoms with Crippen LogP contribution in [0.3, 0.4) is 0 Å². The number of nitrogens with one attached hydrogen (secondary N) is 1. The fraction of sp³-hybridized carbons (Fsp3) is 0.133. The molecule has 108 valence electrons. The summed E-state index contributed by atoms with van der Waals surface area (Å²) in [6.45, 7) is 0.00779. The Hall–Kier alpha value is -1.87. The number of carbonyl (C=O) groups is 1. The third-order valence-corrected chi connectivity index (χ3v) is 3.64. The number of halogens is 2. The topological polar surface area (TPSA) is 49.3 Å². The molecule has 21 heavy (non-hydrogen) atoms. The van der Waals surface area contributed by atoms with Gasteiger partial charge < -0.3 is 10.4 Å². The van der Waals surface area contributed by atoms with Crippen molar-refractivity contribution in [2.75, 3.05) is 11.9 Å². The van der Waals surface area contributed by atoms with Crippen LogP contribution >= 0.6 is 22.9 Å². The van der Waals surface area contributed by atoms with E-state index in [1.807, 2.05) is 0 Å². The lowest BCUT2D eigenvalue weighted by Gasteiger charge is -2.04. The Balaban J connectivity index is 2.07. The van der Waals surface area contributed by atoms with Crippen molar-refractivity contribution in [2.45, 2.75) is 6.42 Å². The number of thiophene rings is 1. The van der Waals surface area contributed by atoms with Gasteiger partial charge in [0.25, 0.3) is 5.91 Å². The quantitative estimate of drug-likeness (QED) is 0.849. The Bertz CT molecular complexity index is 718. The molecule has 0 atom stereocenters. The molecule has 0 spiro atoms. The van der Waals surface area contributed by atoms with Crippen molar-refractivity contribution in [3.63, 3.8) is 0 Å². The van der Waals surface area contributed by atoms with Crippen molar-refractivity contribution in [2.24, 2.45) is 0 Å². The summed E-state index contributed by atoms with van der Waals surface area (Å²) in [5.74, 6) is 4.70. The molecule has 0 bridgehead atoms. The van der Waals surface area contributed by atoms with Crippen LogP contribution < -0.4 is 5.32 Å². The molecule has 1 amide bonds. The van der Waals surface area contributed by atoms with E-state index in [1.54, 1.807) is 11.4 Å². The van der Waals surface area contributed by atoms with Crippen LogP contribution in [0.1, 0.15) is 21.7 Å². The molecule has 0 saturated heterocycles. The second-order valence-corrected chi connectivity index (χ2v) is 5.38. The van der Waals surface area contributed by atoms with E-state index in [9.17, 15) is 9.18 Å². The normalized spacial score (nSPS) is 9.86. The monoisotopic (exact) mass is 323 g/mol. The van der Waals surface area contributed by atoms with E-state index in [1.165, 1.54) is 23.5 Å². The highest BCUT2D eigenvalue weighted by Gasteiger charge is 2.09. The zero-order valence-corrected chi connectivity index (χ0v) is 12.4. The summed E-state index contributed by atoms with van der Waals surface area (Å²) >= 11 is 6.91. The van der Waals surface area contributed by atoms with Crippen LogP contribution in [0.4, 0.5) is 10.1 Å². The number of aliphatic hydroxyl groups excluding tert-OH is 1. The molecule has 3 nitrogen and oxygen atoms in total. The van der Waals surface area contributed by atoms with Gasteiger partial charge in [-0.2, -0.15) is 0 Å². The number of hydrogen-bond acceptors (Lipinski definition) is 3. The molecule has 0 fully saturated rings. The van der Waals surface area contributed by atoms with Crippen LogP contribution in [0, 0.1) is 17.7 Å². The van der Waals surface area contributed by atoms with Gasteiger partial charge in [-0.25, -0.2) is 4.39 Å². The van der Waals surface area contributed by atoms with Crippen molar-refractivity contribution >= 4 is 34.5 Å². The maximum absolute atomic E-state index is 13.3. The zero-order valence-electron chi connectivity index (χ0n) is 10.8. The third kappa shape index (κ3) is 4.30. The zero-order chi connectivity index (χ0) is 15.2. The molecule has 2 N–H and O–H groups in total. The van der Waals surface area contributed by atoms with E-state index in [0.29, 0.717) is 17.7 Å². The molecule has 6 heteroatoms. The first kappa shape index (κ1) is 15.5. The standard InChI is InChI=1S/C15H11ClFNO2S/c16-13-5-4-11(8-14(13)17)18-15(20)10-7-12(21-9-10)3-1-2-6-19/h4-5,7-9,19H,2,6H2,(H,18,20). The van der Waals surface area contributed by atoms with Gasteiger partial charge in [0.15, 0.2) is 0 Å². The number of rotatable bonds is 3. The highest BCUT2D eigenvalue weighted by molar-refractivity contribution is 7.10. The maximum Gasteiger partial charge on any atom is 0.256 e. The minimum absolute atomic E-state index is 0.00461. The summed E-state index contributed by atoms with van der Waals surface area (Å²) in [7, 11) is 0. The molecule has 0 aliphatic carbocycles. The summed E-state index contributed by atoms with van der Waals surface area (Å²) in [6.07, 6.45) is 0.392. The van der Waals surface area contributed by atoms with Crippen molar-refractivity contribution in [1.82, 2.24) is 0 Å². The van der Waals surface area contributed by atoms with Crippen LogP contribution in [0.15, 0.2) is 29.6 Å². The van der Waals surface area contributed by atoms with E-state index < -0.39 is 5.82 Å². The van der Waals surface area contributed by atoms with Crippen molar-refractivity contribution in [1.29, 1.82) is 0 Å². The molecule has 0 unspecified atom stereocenters. The smallest absolute Gasteiger partial charge is 0.256 e. The number of aliphatic hydroxyl groups is 1. The van der Waals surface area contributed by atoms with Gasteiger partial charge in [-0.15, -0.1) is 11.3 Å². The van der Waals surface area contributed by atoms with Gasteiger partial charge in [-0.3, -0.25) is 4.79 Å². The summed E-state index contributed by atoms with van der Waals surface area (Å²) < 4.78 is 13.3. The van der Waals surface area contributed by atoms with Gasteiger partial charge >= 0.3 is 0 Å². The van der Waals surface area contributed by atoms with Crippen LogP contribution in [-0.2, 0) is 0 Å². The van der Waals surface area contributed by atoms with Crippen LogP contribution in [0.5, 0.6) is 0 Å². The lowest BCUT2D eigenvalue weighted by Crippen LogP contribution is -2.10. The lowest BCUT2D eigenvalue weighted by atomic mass is 10.2. The Morgan fingerprint density at radius 1 is 1.43 bits per heavy atom. The maximum atomic E-state index is 13.3. The molecule has 2 aromatic rings. The molecular weight excluding hydrogens is 313 g/mol. The fourth-order valence-electron chi connectivity index (χ4n) is 1.50. The number of benzene rings is 1. The molecular formula is C15H11ClFNO2S. The van der Waals surface area contributed by atoms with E-state index in [2.05, 4.69) is 17.2 Å². The predicted molar refractivity (Wildman–Crippen MR) is 82.3 cm³/mol. The SMILES string of the molecule is O=C(Nc1ccc(Cl)c(F)c1)c1csc(C#CCCO)c1. The van der Waals surface area contributed by atoms with Crippen molar-refractivity contribution in [3.05, 3.63) is 50.9 Å². The first-order valence-corrected chi connectivity index (χ1v) is 7.30. The average molecular weight is 324 g/mol. The Morgan fingerprint density at radius 2 is 2.24 bits per heavy atom. The van der Waals surface area contributed by atoms with Gasteiger partial charge in [0.2, 0.25) is 0 Å². The largest absolute Gasteiger partial charge is 0.395 e. The van der Waals surface area contributed by atoms with E-state index in [-0.39, 0.29) is 17.5 Å². The van der Waals surface area contributed by atoms with Crippen LogP contribution in [-0.4, -0.2) is 17.6 Å². The fourth-order valence-corrected chi connectivity index (χ4v) is 2.38. The summed E-state index contributed by atoms with van der Waals surface area (Å²) in [4.78, 5) is 12.7. The highest BCUT2D eigenvalue weighted by Crippen LogP contribution is 2.20. The van der Waals surface area contributed by atoms with Gasteiger partial charge in [0, 0.05) is 17.5 Å². The van der Waals surface area contributed by atoms with E-state index >= 15 is 0 Å². The minimum atomic E-state index is -0.588. The first-order chi connectivity index (χ1) is 10.1. The minimum Gasteiger partial charge on any atom is -0.395 e. The third-order valence-electron chi connectivity index (χ3n) is 2.49. The Labute approximate surface area is 130 Å². The van der Waals surface area contributed by atoms with Gasteiger partial charge in [0.05, 0.1) is 22.1 Å². The second-order valence-electron chi connectivity index (χ2n) is 4.06. The Morgan fingerprint density at radius 3 is 2.95 bits per heavy atom. The predicted octanol–water partition coefficient (Wildman–Crippen LogP) is 3.53. The summed E-state index contributed by atoms with van der Waals surface area (Å²) in [5, 5.41) is 12.9. The van der Waals surface area contributed by atoms with Gasteiger partial charge in [-0.1, -0.05) is 23.4 Å². The second kappa shape index (κ2) is 7.23. The molecule has 1 aromatic carbocycles. The molecule has 0 aliphatic heterocycles. The van der Waals surface area contributed by atoms with Crippen molar-refractivity contribution < 1.29 is 14.3 Å². The van der Waals surface area contributed by atoms with E-state index in [4.69, 9.17) is 16.7 Å². The molecule has 1 heterocycles. The number of amides is 1. The number of anilines is 1.